The van der Waals surface area contributed by atoms with Crippen molar-refractivity contribution in [2.45, 2.75) is 6.92 Å². The van der Waals surface area contributed by atoms with Crippen LogP contribution in [0.3, 0.4) is 0 Å². The van der Waals surface area contributed by atoms with Gasteiger partial charge in [0.05, 0.1) is 5.76 Å². The molecule has 10 aromatic rings. The number of nitrogens with zero attached hydrogens (tertiary/aromatic N) is 1. The van der Waals surface area contributed by atoms with Crippen molar-refractivity contribution in [3.63, 3.8) is 0 Å². The molecule has 0 unspecified atom stereocenters. The van der Waals surface area contributed by atoms with E-state index in [9.17, 15) is 0 Å². The molecule has 0 saturated heterocycles. The lowest BCUT2D eigenvalue weighted by Gasteiger charge is -2.26. The Morgan fingerprint density at radius 3 is 1.59 bits per heavy atom. The first-order valence-corrected chi connectivity index (χ1v) is 18.8. The van der Waals surface area contributed by atoms with E-state index in [0.717, 1.165) is 44.6 Å². The van der Waals surface area contributed by atoms with Gasteiger partial charge in [-0.15, -0.1) is 0 Å². The van der Waals surface area contributed by atoms with Crippen LogP contribution in [0, 0.1) is 0 Å². The normalized spacial score (nSPS) is 11.1. The third-order valence-corrected chi connectivity index (χ3v) is 10.3. The van der Waals surface area contributed by atoms with Gasteiger partial charge in [0.15, 0.2) is 0 Å². The maximum Gasteiger partial charge on any atom is 0.136 e. The van der Waals surface area contributed by atoms with Crippen molar-refractivity contribution in [2.24, 2.45) is 0 Å². The van der Waals surface area contributed by atoms with E-state index in [1.54, 1.807) is 0 Å². The first-order chi connectivity index (χ1) is 27.5. The maximum absolute atomic E-state index is 7.86. The Balaban J connectivity index is 0.000000980. The molecular formula is C53H39NO2. The monoisotopic (exact) mass is 721 g/mol. The van der Waals surface area contributed by atoms with Gasteiger partial charge in [-0.25, -0.2) is 0 Å². The number of allylic oxidation sites excluding steroid dienone is 1. The highest BCUT2D eigenvalue weighted by molar-refractivity contribution is 6.12. The Morgan fingerprint density at radius 1 is 0.429 bits per heavy atom. The predicted molar refractivity (Wildman–Crippen MR) is 237 cm³/mol. The van der Waals surface area contributed by atoms with E-state index in [4.69, 9.17) is 9.52 Å². The minimum atomic E-state index is 0.167. The quantitative estimate of drug-likeness (QED) is 0.137. The van der Waals surface area contributed by atoms with E-state index >= 15 is 0 Å². The first kappa shape index (κ1) is 34.4. The number of benzene rings is 9. The number of furan rings is 1. The van der Waals surface area contributed by atoms with Crippen molar-refractivity contribution in [2.75, 3.05) is 4.90 Å². The standard InChI is InChI=1S/C50H33NO.C3H6O/c1-2-9-34(10-3-1)35-17-19-36(20-18-35)37-23-27-41(28-24-37)51(43-31-32-45-40(33-43)22-21-38-11-4-5-12-44(38)45)42-29-25-39(26-30-42)46-14-8-16-49-50(46)47-13-6-7-15-48(47)52-49;1-3(2)4/h1-33H;4H,1H2,2H3. The van der Waals surface area contributed by atoms with Crippen LogP contribution in [-0.4, -0.2) is 5.11 Å². The van der Waals surface area contributed by atoms with Crippen LogP contribution in [0.15, 0.2) is 217 Å². The number of aliphatic hydroxyl groups excluding tert-OH is 1. The molecule has 10 rings (SSSR count). The van der Waals surface area contributed by atoms with Crippen LogP contribution in [0.25, 0.3) is 76.9 Å². The number of hydrogen-bond donors (Lipinski definition) is 1. The molecule has 9 aromatic carbocycles. The maximum atomic E-state index is 7.86. The van der Waals surface area contributed by atoms with E-state index in [0.29, 0.717) is 0 Å². The molecule has 0 fully saturated rings. The lowest BCUT2D eigenvalue weighted by Crippen LogP contribution is -2.09. The number of aliphatic hydroxyl groups is 1. The van der Waals surface area contributed by atoms with Gasteiger partial charge >= 0.3 is 0 Å². The molecule has 268 valence electrons. The molecule has 0 radical (unpaired) electrons. The largest absolute Gasteiger partial charge is 0.513 e. The van der Waals surface area contributed by atoms with Crippen LogP contribution < -0.4 is 4.90 Å². The second-order valence-corrected chi connectivity index (χ2v) is 14.1. The van der Waals surface area contributed by atoms with Crippen molar-refractivity contribution in [1.82, 2.24) is 0 Å². The second kappa shape index (κ2) is 14.8. The van der Waals surface area contributed by atoms with Crippen LogP contribution >= 0.6 is 0 Å². The third kappa shape index (κ3) is 6.68. The lowest BCUT2D eigenvalue weighted by molar-refractivity contribution is 0.417. The number of anilines is 3. The number of fused-ring (bicyclic) bond motifs is 6. The molecule has 0 aliphatic heterocycles. The molecule has 3 heteroatoms. The summed E-state index contributed by atoms with van der Waals surface area (Å²) < 4.78 is 6.21. The molecule has 0 aliphatic carbocycles. The van der Waals surface area contributed by atoms with Crippen LogP contribution in [-0.2, 0) is 0 Å². The lowest BCUT2D eigenvalue weighted by atomic mass is 9.98. The fourth-order valence-electron chi connectivity index (χ4n) is 7.68. The van der Waals surface area contributed by atoms with Gasteiger partial charge in [0.2, 0.25) is 0 Å². The number of hydrogen-bond acceptors (Lipinski definition) is 3. The van der Waals surface area contributed by atoms with Gasteiger partial charge in [-0.1, -0.05) is 158 Å². The molecule has 0 amide bonds. The van der Waals surface area contributed by atoms with Gasteiger partial charge in [0.25, 0.3) is 0 Å². The van der Waals surface area contributed by atoms with Gasteiger partial charge in [0.1, 0.15) is 11.2 Å². The van der Waals surface area contributed by atoms with Crippen LogP contribution in [0.5, 0.6) is 0 Å². The smallest absolute Gasteiger partial charge is 0.136 e. The zero-order valence-corrected chi connectivity index (χ0v) is 31.1. The van der Waals surface area contributed by atoms with E-state index in [2.05, 4.69) is 200 Å². The summed E-state index contributed by atoms with van der Waals surface area (Å²) in [7, 11) is 0. The van der Waals surface area contributed by atoms with Crippen LogP contribution in [0.2, 0.25) is 0 Å². The highest BCUT2D eigenvalue weighted by atomic mass is 16.3. The molecule has 1 N–H and O–H groups in total. The van der Waals surface area contributed by atoms with Gasteiger partial charge < -0.3 is 14.4 Å². The molecule has 0 bridgehead atoms. The Bertz CT molecular complexity index is 2970. The summed E-state index contributed by atoms with van der Waals surface area (Å²) in [5.74, 6) is 0.167. The van der Waals surface area contributed by atoms with Crippen molar-refractivity contribution < 1.29 is 9.52 Å². The number of para-hydroxylation sites is 1. The molecular weight excluding hydrogens is 683 g/mol. The van der Waals surface area contributed by atoms with Crippen molar-refractivity contribution in [3.05, 3.63) is 213 Å². The highest BCUT2D eigenvalue weighted by Gasteiger charge is 2.16. The van der Waals surface area contributed by atoms with E-state index < -0.39 is 0 Å². The Labute approximate surface area is 326 Å². The average Bonchev–Trinajstić information content (AvgIpc) is 3.64. The minimum absolute atomic E-state index is 0.167. The molecule has 3 nitrogen and oxygen atoms in total. The van der Waals surface area contributed by atoms with Crippen molar-refractivity contribution in [1.29, 1.82) is 0 Å². The summed E-state index contributed by atoms with van der Waals surface area (Å²) in [5.41, 5.74) is 12.3. The summed E-state index contributed by atoms with van der Waals surface area (Å²) in [5, 5.41) is 15.1. The third-order valence-electron chi connectivity index (χ3n) is 10.3. The molecule has 0 saturated carbocycles. The van der Waals surface area contributed by atoms with Crippen molar-refractivity contribution in [3.8, 4) is 33.4 Å². The summed E-state index contributed by atoms with van der Waals surface area (Å²) >= 11 is 0. The summed E-state index contributed by atoms with van der Waals surface area (Å²) in [6, 6.07) is 71.7. The zero-order chi connectivity index (χ0) is 38.0. The van der Waals surface area contributed by atoms with Gasteiger partial charge in [-0.05, 0) is 110 Å². The molecule has 0 spiro atoms. The predicted octanol–water partition coefficient (Wildman–Crippen LogP) is 15.4. The van der Waals surface area contributed by atoms with E-state index in [1.165, 1.54) is 56.3 Å². The second-order valence-electron chi connectivity index (χ2n) is 14.1. The summed E-state index contributed by atoms with van der Waals surface area (Å²) in [6.07, 6.45) is 0. The summed E-state index contributed by atoms with van der Waals surface area (Å²) in [4.78, 5) is 2.36. The minimum Gasteiger partial charge on any atom is -0.513 e. The molecule has 1 aromatic heterocycles. The fraction of sp³-hybridized carbons (Fsp3) is 0.0189. The summed E-state index contributed by atoms with van der Waals surface area (Å²) in [6.45, 7) is 4.64. The van der Waals surface area contributed by atoms with Gasteiger partial charge in [-0.3, -0.25) is 0 Å². The van der Waals surface area contributed by atoms with E-state index in [1.807, 2.05) is 12.1 Å². The van der Waals surface area contributed by atoms with Crippen LogP contribution in [0.1, 0.15) is 6.92 Å². The van der Waals surface area contributed by atoms with Crippen molar-refractivity contribution >= 4 is 60.5 Å². The van der Waals surface area contributed by atoms with Crippen LogP contribution in [0.4, 0.5) is 17.1 Å². The fourth-order valence-corrected chi connectivity index (χ4v) is 7.68. The zero-order valence-electron chi connectivity index (χ0n) is 31.1. The Morgan fingerprint density at radius 2 is 0.911 bits per heavy atom. The number of rotatable bonds is 6. The molecule has 0 atom stereocenters. The molecule has 56 heavy (non-hydrogen) atoms. The average molecular weight is 722 g/mol. The Kier molecular flexibility index (Phi) is 9.10. The first-order valence-electron chi connectivity index (χ1n) is 18.8. The van der Waals surface area contributed by atoms with Gasteiger partial charge in [-0.2, -0.15) is 0 Å². The Hall–Kier alpha value is -7.36. The van der Waals surface area contributed by atoms with E-state index in [-0.39, 0.29) is 5.76 Å². The SMILES string of the molecule is C=C(C)O.c1ccc(-c2ccc(-c3ccc(N(c4ccc(-c5cccc6oc7ccccc7c56)cc4)c4ccc5c(ccc6ccccc65)c4)cc3)cc2)cc1. The topological polar surface area (TPSA) is 36.6 Å². The molecule has 1 heterocycles. The molecule has 0 aliphatic rings. The highest BCUT2D eigenvalue weighted by Crippen LogP contribution is 2.41. The van der Waals surface area contributed by atoms with Gasteiger partial charge in [0, 0.05) is 27.8 Å².